The van der Waals surface area contributed by atoms with E-state index in [1.54, 1.807) is 0 Å². The van der Waals surface area contributed by atoms with Crippen LogP contribution in [0.1, 0.15) is 41.5 Å². The van der Waals surface area contributed by atoms with Gasteiger partial charge in [-0.25, -0.2) is 0 Å². The number of rotatable bonds is 2. The smallest absolute Gasteiger partial charge is 0.261 e. The molecule has 3 nitrogen and oxygen atoms in total. The first-order valence-corrected chi connectivity index (χ1v) is 14.6. The van der Waals surface area contributed by atoms with E-state index in [9.17, 15) is 8.42 Å². The van der Waals surface area contributed by atoms with Gasteiger partial charge in [-0.2, -0.15) is 8.42 Å². The molecule has 0 amide bonds. The van der Waals surface area contributed by atoms with Crippen molar-refractivity contribution < 1.29 is 13.0 Å². The highest BCUT2D eigenvalue weighted by atomic mass is 32.2. The summed E-state index contributed by atoms with van der Waals surface area (Å²) < 4.78 is 25.9. The van der Waals surface area contributed by atoms with E-state index in [-0.39, 0.29) is 10.3 Å². The van der Waals surface area contributed by atoms with Gasteiger partial charge in [-0.1, -0.05) is 128 Å². The molecule has 0 spiro atoms. The first-order valence-electron chi connectivity index (χ1n) is 11.4. The predicted octanol–water partition coefficient (Wildman–Crippen LogP) is 7.87. The van der Waals surface area contributed by atoms with Crippen LogP contribution in [0.5, 0.6) is 0 Å². The first-order chi connectivity index (χ1) is 15.7. The van der Waals surface area contributed by atoms with E-state index in [0.29, 0.717) is 6.26 Å². The first kappa shape index (κ1) is 26.3. The summed E-state index contributed by atoms with van der Waals surface area (Å²) in [6, 6.07) is 29.1. The Hall–Kier alpha value is -2.26. The van der Waals surface area contributed by atoms with Gasteiger partial charge in [0.05, 0.1) is 6.26 Å². The molecular weight excluding hydrogens is 459 g/mol. The van der Waals surface area contributed by atoms with Crippen LogP contribution < -0.4 is 5.30 Å². The van der Waals surface area contributed by atoms with Gasteiger partial charge in [-0.15, -0.1) is 0 Å². The topological polar surface area (TPSA) is 54.4 Å². The Kier molecular flexibility index (Phi) is 7.57. The molecule has 0 saturated carbocycles. The molecule has 1 N–H and O–H groups in total. The lowest BCUT2D eigenvalue weighted by atomic mass is 9.94. The van der Waals surface area contributed by atoms with Gasteiger partial charge >= 0.3 is 0 Å². The van der Waals surface area contributed by atoms with Crippen molar-refractivity contribution in [2.45, 2.75) is 51.9 Å². The molecule has 0 bridgehead atoms. The SMILES string of the molecule is CC(C)(C)P(c1ccc2ccccc2c1-c1cccc2ccccc12)C(C)(C)C.CS(=O)(=O)O. The zero-order valence-electron chi connectivity index (χ0n) is 21.1. The van der Waals surface area contributed by atoms with E-state index >= 15 is 0 Å². The molecule has 0 unspecified atom stereocenters. The van der Waals surface area contributed by atoms with Crippen molar-refractivity contribution in [3.63, 3.8) is 0 Å². The molecule has 0 aliphatic heterocycles. The number of hydrogen-bond acceptors (Lipinski definition) is 2. The van der Waals surface area contributed by atoms with Crippen molar-refractivity contribution in [2.24, 2.45) is 0 Å². The van der Waals surface area contributed by atoms with Gasteiger partial charge in [0.25, 0.3) is 10.1 Å². The molecule has 0 atom stereocenters. The fourth-order valence-electron chi connectivity index (χ4n) is 4.90. The molecule has 4 aromatic rings. The van der Waals surface area contributed by atoms with Crippen LogP contribution in [0, 0.1) is 0 Å². The van der Waals surface area contributed by atoms with Gasteiger partial charge in [0.15, 0.2) is 0 Å². The van der Waals surface area contributed by atoms with Crippen LogP contribution in [0.25, 0.3) is 32.7 Å². The third-order valence-electron chi connectivity index (χ3n) is 5.55. The summed E-state index contributed by atoms with van der Waals surface area (Å²) in [5.41, 5.74) is 2.78. The lowest BCUT2D eigenvalue weighted by Gasteiger charge is -2.43. The minimum Gasteiger partial charge on any atom is -0.286 e. The lowest BCUT2D eigenvalue weighted by molar-refractivity contribution is 0.490. The van der Waals surface area contributed by atoms with Crippen molar-refractivity contribution in [2.75, 3.05) is 6.26 Å². The fourth-order valence-corrected chi connectivity index (χ4v) is 9.05. The van der Waals surface area contributed by atoms with E-state index in [0.717, 1.165) is 0 Å². The molecule has 0 fully saturated rings. The molecule has 0 aliphatic rings. The molecule has 0 saturated heterocycles. The molecule has 4 aromatic carbocycles. The van der Waals surface area contributed by atoms with Crippen molar-refractivity contribution >= 4 is 44.9 Å². The van der Waals surface area contributed by atoms with Gasteiger partial charge in [-0.05, 0) is 48.3 Å². The maximum absolute atomic E-state index is 9.19. The molecule has 4 rings (SSSR count). The summed E-state index contributed by atoms with van der Waals surface area (Å²) >= 11 is 0. The van der Waals surface area contributed by atoms with Gasteiger partial charge in [0.1, 0.15) is 0 Å². The highest BCUT2D eigenvalue weighted by Crippen LogP contribution is 2.60. The Bertz CT molecular complexity index is 1380. The van der Waals surface area contributed by atoms with E-state index in [4.69, 9.17) is 4.55 Å². The Morgan fingerprint density at radius 2 is 1.09 bits per heavy atom. The van der Waals surface area contributed by atoms with E-state index < -0.39 is 18.0 Å². The largest absolute Gasteiger partial charge is 0.286 e. The second-order valence-electron chi connectivity index (χ2n) is 10.6. The van der Waals surface area contributed by atoms with E-state index in [1.165, 1.54) is 38.0 Å². The highest BCUT2D eigenvalue weighted by Gasteiger charge is 2.37. The van der Waals surface area contributed by atoms with Crippen molar-refractivity contribution in [1.29, 1.82) is 0 Å². The Labute approximate surface area is 205 Å². The van der Waals surface area contributed by atoms with Crippen molar-refractivity contribution in [1.82, 2.24) is 0 Å². The standard InChI is InChI=1S/C28H31P.CH4O3S/c1-27(2,3)29(28(4,5)6)25-19-18-21-13-8-10-16-23(21)26(25)24-17-11-14-20-12-7-9-15-22(20)24;1-5(2,3)4/h7-19H,1-6H3;1H3,(H,2,3,4). The van der Waals surface area contributed by atoms with Crippen LogP contribution in [-0.4, -0.2) is 29.5 Å². The third kappa shape index (κ3) is 6.24. The normalized spacial score (nSPS) is 12.6. The lowest BCUT2D eigenvalue weighted by Crippen LogP contribution is -2.32. The Balaban J connectivity index is 0.000000588. The maximum atomic E-state index is 9.19. The third-order valence-corrected chi connectivity index (χ3v) is 9.09. The molecule has 180 valence electrons. The summed E-state index contributed by atoms with van der Waals surface area (Å²) in [4.78, 5) is 0. The molecule has 0 radical (unpaired) electrons. The van der Waals surface area contributed by atoms with Crippen molar-refractivity contribution in [3.05, 3.63) is 78.9 Å². The van der Waals surface area contributed by atoms with E-state index in [2.05, 4.69) is 120 Å². The quantitative estimate of drug-likeness (QED) is 0.228. The van der Waals surface area contributed by atoms with Crippen LogP contribution in [-0.2, 0) is 10.1 Å². The van der Waals surface area contributed by atoms with Crippen LogP contribution in [0.15, 0.2) is 78.9 Å². The van der Waals surface area contributed by atoms with Gasteiger partial charge in [0.2, 0.25) is 0 Å². The molecular formula is C29H35O3PS. The minimum absolute atomic E-state index is 0.218. The maximum Gasteiger partial charge on any atom is 0.261 e. The van der Waals surface area contributed by atoms with Crippen LogP contribution in [0.3, 0.4) is 0 Å². The predicted molar refractivity (Wildman–Crippen MR) is 150 cm³/mol. The zero-order valence-corrected chi connectivity index (χ0v) is 22.8. The average Bonchev–Trinajstić information content (AvgIpc) is 2.70. The molecule has 0 aromatic heterocycles. The van der Waals surface area contributed by atoms with Gasteiger partial charge < -0.3 is 0 Å². The summed E-state index contributed by atoms with van der Waals surface area (Å²) in [5, 5.41) is 7.28. The Morgan fingerprint density at radius 3 is 1.62 bits per heavy atom. The molecule has 0 heterocycles. The summed E-state index contributed by atoms with van der Waals surface area (Å²) in [6.45, 7) is 14.5. The second-order valence-corrected chi connectivity index (χ2v) is 15.9. The Morgan fingerprint density at radius 1 is 0.647 bits per heavy atom. The summed E-state index contributed by atoms with van der Waals surface area (Å²) in [5.74, 6) is 0. The number of fused-ring (bicyclic) bond motifs is 2. The summed E-state index contributed by atoms with van der Waals surface area (Å²) in [6.07, 6.45) is 0.715. The van der Waals surface area contributed by atoms with Crippen LogP contribution in [0.4, 0.5) is 0 Å². The van der Waals surface area contributed by atoms with Crippen LogP contribution in [0.2, 0.25) is 0 Å². The number of benzene rings is 4. The molecule has 34 heavy (non-hydrogen) atoms. The monoisotopic (exact) mass is 494 g/mol. The second kappa shape index (κ2) is 9.77. The molecule has 0 aliphatic carbocycles. The van der Waals surface area contributed by atoms with Gasteiger partial charge in [0, 0.05) is 0 Å². The highest BCUT2D eigenvalue weighted by molar-refractivity contribution is 7.85. The fraction of sp³-hybridized carbons (Fsp3) is 0.310. The van der Waals surface area contributed by atoms with Crippen LogP contribution >= 0.6 is 7.92 Å². The van der Waals surface area contributed by atoms with E-state index in [1.807, 2.05) is 0 Å². The summed E-state index contributed by atoms with van der Waals surface area (Å²) in [7, 11) is -4.08. The average molecular weight is 495 g/mol. The van der Waals surface area contributed by atoms with Crippen molar-refractivity contribution in [3.8, 4) is 11.1 Å². The van der Waals surface area contributed by atoms with Gasteiger partial charge in [-0.3, -0.25) is 4.55 Å². The number of hydrogen-bond donors (Lipinski definition) is 1. The minimum atomic E-state index is -3.67. The zero-order chi connectivity index (χ0) is 25.3. The molecule has 5 heteroatoms.